The molecule has 0 saturated carbocycles. The minimum absolute atomic E-state index is 0.0941. The molecule has 0 bridgehead atoms. The molecule has 8 nitrogen and oxygen atoms in total. The van der Waals surface area contributed by atoms with Gasteiger partial charge in [0, 0.05) is 75.4 Å². The Bertz CT molecular complexity index is 1230. The number of primary amides is 1. The highest BCUT2D eigenvalue weighted by molar-refractivity contribution is 5.98. The van der Waals surface area contributed by atoms with E-state index in [1.165, 1.54) is 18.3 Å². The number of carbonyl (C=O) groups excluding carboxylic acids is 1. The van der Waals surface area contributed by atoms with Gasteiger partial charge in [-0.05, 0) is 42.0 Å². The molecule has 4 rings (SSSR count). The second-order valence-corrected chi connectivity index (χ2v) is 8.52. The normalized spacial score (nSPS) is 13.8. The number of nitrogens with two attached hydrogens (primary N) is 1. The van der Waals surface area contributed by atoms with E-state index in [-0.39, 0.29) is 12.1 Å². The van der Waals surface area contributed by atoms with Crippen LogP contribution in [0.3, 0.4) is 0 Å². The number of pyridine rings is 1. The SMILES string of the molecule is N#CCCN1CCN(c2ccc(Nc3cc(NCc4cc(F)cc(F)c4)c(C(N)=O)cn3)cc2)CC1. The van der Waals surface area contributed by atoms with Crippen molar-refractivity contribution in [3.63, 3.8) is 0 Å². The Balaban J connectivity index is 1.41. The standard InChI is InChI=1S/C26H27F2N7O/c27-19-12-18(13-20(28)14-19)16-31-24-15-25(32-17-23(24)26(30)36)33-21-2-4-22(5-3-21)35-10-8-34(9-11-35)7-1-6-29/h2-5,12-15,17H,1,7-11,16H2,(H2,30,36)(H2,31,32,33). The maximum atomic E-state index is 13.5. The second-order valence-electron chi connectivity index (χ2n) is 8.52. The molecule has 0 spiro atoms. The molecule has 3 aromatic rings. The van der Waals surface area contributed by atoms with Crippen molar-refractivity contribution >= 4 is 28.8 Å². The average molecular weight is 492 g/mol. The van der Waals surface area contributed by atoms with Gasteiger partial charge in [0.2, 0.25) is 0 Å². The quantitative estimate of drug-likeness (QED) is 0.417. The van der Waals surface area contributed by atoms with Crippen LogP contribution < -0.4 is 21.3 Å². The fourth-order valence-corrected chi connectivity index (χ4v) is 4.12. The van der Waals surface area contributed by atoms with Crippen molar-refractivity contribution in [2.75, 3.05) is 48.3 Å². The van der Waals surface area contributed by atoms with E-state index in [1.54, 1.807) is 6.07 Å². The summed E-state index contributed by atoms with van der Waals surface area (Å²) in [5.74, 6) is -1.54. The van der Waals surface area contributed by atoms with Crippen LogP contribution in [0.15, 0.2) is 54.7 Å². The third kappa shape index (κ3) is 6.46. The first-order chi connectivity index (χ1) is 17.4. The van der Waals surface area contributed by atoms with E-state index in [2.05, 4.69) is 31.5 Å². The zero-order valence-corrected chi connectivity index (χ0v) is 19.7. The Morgan fingerprint density at radius 1 is 1.06 bits per heavy atom. The first-order valence-corrected chi connectivity index (χ1v) is 11.6. The molecule has 0 unspecified atom stereocenters. The number of piperazine rings is 1. The van der Waals surface area contributed by atoms with Crippen LogP contribution in [0.1, 0.15) is 22.3 Å². The predicted octanol–water partition coefficient (Wildman–Crippen LogP) is 3.85. The monoisotopic (exact) mass is 491 g/mol. The molecule has 0 aliphatic carbocycles. The molecule has 0 radical (unpaired) electrons. The van der Waals surface area contributed by atoms with Gasteiger partial charge in [-0.15, -0.1) is 0 Å². The number of rotatable bonds is 9. The lowest BCUT2D eigenvalue weighted by Crippen LogP contribution is -2.46. The van der Waals surface area contributed by atoms with Gasteiger partial charge in [0.15, 0.2) is 0 Å². The van der Waals surface area contributed by atoms with Crippen LogP contribution in [0.2, 0.25) is 0 Å². The minimum atomic E-state index is -0.677. The Labute approximate surface area is 208 Å². The highest BCUT2D eigenvalue weighted by Crippen LogP contribution is 2.25. The summed E-state index contributed by atoms with van der Waals surface area (Å²) in [5.41, 5.74) is 8.35. The largest absolute Gasteiger partial charge is 0.380 e. The van der Waals surface area contributed by atoms with Crippen LogP contribution in [0.4, 0.5) is 31.7 Å². The number of carbonyl (C=O) groups is 1. The van der Waals surface area contributed by atoms with Crippen LogP contribution in [0, 0.1) is 23.0 Å². The first-order valence-electron chi connectivity index (χ1n) is 11.6. The Hall–Kier alpha value is -4.23. The van der Waals surface area contributed by atoms with Crippen LogP contribution in [0.5, 0.6) is 0 Å². The van der Waals surface area contributed by atoms with Gasteiger partial charge in [-0.2, -0.15) is 5.26 Å². The van der Waals surface area contributed by atoms with Crippen molar-refractivity contribution in [2.24, 2.45) is 5.73 Å². The molecule has 0 atom stereocenters. The number of nitrogens with one attached hydrogen (secondary N) is 2. The second kappa shape index (κ2) is 11.5. The molecule has 1 aliphatic rings. The molecule has 186 valence electrons. The molecule has 2 heterocycles. The third-order valence-electron chi connectivity index (χ3n) is 5.99. The van der Waals surface area contributed by atoms with Gasteiger partial charge in [-0.3, -0.25) is 9.69 Å². The summed E-state index contributed by atoms with van der Waals surface area (Å²) in [7, 11) is 0. The number of aromatic nitrogens is 1. The highest BCUT2D eigenvalue weighted by atomic mass is 19.1. The number of anilines is 4. The van der Waals surface area contributed by atoms with E-state index in [9.17, 15) is 13.6 Å². The molecule has 10 heteroatoms. The molecular formula is C26H27F2N7O. The smallest absolute Gasteiger partial charge is 0.252 e. The lowest BCUT2D eigenvalue weighted by molar-refractivity contribution is 0.100. The summed E-state index contributed by atoms with van der Waals surface area (Å²) in [5, 5.41) is 15.0. The zero-order valence-electron chi connectivity index (χ0n) is 19.7. The van der Waals surface area contributed by atoms with Gasteiger partial charge in [0.25, 0.3) is 5.91 Å². The van der Waals surface area contributed by atoms with E-state index in [1.807, 2.05) is 24.3 Å². The molecule has 1 fully saturated rings. The van der Waals surface area contributed by atoms with Crippen molar-refractivity contribution in [2.45, 2.75) is 13.0 Å². The molecule has 1 saturated heterocycles. The van der Waals surface area contributed by atoms with Gasteiger partial charge >= 0.3 is 0 Å². The van der Waals surface area contributed by atoms with Gasteiger partial charge < -0.3 is 21.3 Å². The lowest BCUT2D eigenvalue weighted by atomic mass is 10.1. The predicted molar refractivity (Wildman–Crippen MR) is 135 cm³/mol. The summed E-state index contributed by atoms with van der Waals surface area (Å²) < 4.78 is 27.0. The number of benzene rings is 2. The summed E-state index contributed by atoms with van der Waals surface area (Å²) in [6, 6.07) is 15.0. The molecule has 4 N–H and O–H groups in total. The van der Waals surface area contributed by atoms with Gasteiger partial charge in [0.05, 0.1) is 17.3 Å². The number of halogens is 2. The maximum Gasteiger partial charge on any atom is 0.252 e. The number of amides is 1. The lowest BCUT2D eigenvalue weighted by Gasteiger charge is -2.35. The van der Waals surface area contributed by atoms with E-state index >= 15 is 0 Å². The molecule has 1 aromatic heterocycles. The van der Waals surface area contributed by atoms with E-state index in [0.29, 0.717) is 23.5 Å². The fourth-order valence-electron chi connectivity index (χ4n) is 4.12. The van der Waals surface area contributed by atoms with E-state index < -0.39 is 17.5 Å². The number of nitrogens with zero attached hydrogens (tertiary/aromatic N) is 4. The van der Waals surface area contributed by atoms with Crippen molar-refractivity contribution in [1.82, 2.24) is 9.88 Å². The van der Waals surface area contributed by atoms with E-state index in [0.717, 1.165) is 50.2 Å². The summed E-state index contributed by atoms with van der Waals surface area (Å²) in [6.07, 6.45) is 1.91. The van der Waals surface area contributed by atoms with Crippen LogP contribution >= 0.6 is 0 Å². The Morgan fingerprint density at radius 3 is 2.39 bits per heavy atom. The van der Waals surface area contributed by atoms with Crippen molar-refractivity contribution in [3.8, 4) is 6.07 Å². The molecule has 2 aromatic carbocycles. The Kier molecular flexibility index (Phi) is 7.92. The van der Waals surface area contributed by atoms with Crippen molar-refractivity contribution in [3.05, 3.63) is 77.5 Å². The number of hydrogen-bond donors (Lipinski definition) is 3. The topological polar surface area (TPSA) is 110 Å². The van der Waals surface area contributed by atoms with Gasteiger partial charge in [-0.1, -0.05) is 0 Å². The molecule has 36 heavy (non-hydrogen) atoms. The van der Waals surface area contributed by atoms with E-state index in [4.69, 9.17) is 11.0 Å². The van der Waals surface area contributed by atoms with Gasteiger partial charge in [-0.25, -0.2) is 13.8 Å². The Morgan fingerprint density at radius 2 is 1.75 bits per heavy atom. The van der Waals surface area contributed by atoms with Crippen molar-refractivity contribution < 1.29 is 13.6 Å². The maximum absolute atomic E-state index is 13.5. The summed E-state index contributed by atoms with van der Waals surface area (Å²) in [6.45, 7) is 4.56. The fraction of sp³-hybridized carbons (Fsp3) is 0.269. The molecule has 1 aliphatic heterocycles. The first kappa shape index (κ1) is 24.9. The number of nitriles is 1. The molecular weight excluding hydrogens is 464 g/mol. The van der Waals surface area contributed by atoms with Gasteiger partial charge in [0.1, 0.15) is 17.5 Å². The summed E-state index contributed by atoms with van der Waals surface area (Å²) >= 11 is 0. The molecule has 1 amide bonds. The van der Waals surface area contributed by atoms with Crippen LogP contribution in [-0.2, 0) is 6.54 Å². The zero-order chi connectivity index (χ0) is 25.5. The van der Waals surface area contributed by atoms with Crippen LogP contribution in [-0.4, -0.2) is 48.5 Å². The highest BCUT2D eigenvalue weighted by Gasteiger charge is 2.17. The minimum Gasteiger partial charge on any atom is -0.380 e. The van der Waals surface area contributed by atoms with Crippen LogP contribution in [0.25, 0.3) is 0 Å². The average Bonchev–Trinajstić information content (AvgIpc) is 2.86. The summed E-state index contributed by atoms with van der Waals surface area (Å²) in [4.78, 5) is 20.7. The number of hydrogen-bond acceptors (Lipinski definition) is 7. The third-order valence-corrected chi connectivity index (χ3v) is 5.99. The van der Waals surface area contributed by atoms with Crippen molar-refractivity contribution in [1.29, 1.82) is 5.26 Å².